The number of anilines is 1. The molecule has 0 bridgehead atoms. The zero-order valence-corrected chi connectivity index (χ0v) is 8.79. The fraction of sp³-hybridized carbons (Fsp3) is 0.444. The van der Waals surface area contributed by atoms with E-state index in [1.165, 1.54) is 0 Å². The van der Waals surface area contributed by atoms with Gasteiger partial charge in [0.1, 0.15) is 5.69 Å². The number of hydrogen-bond donors (Lipinski definition) is 2. The number of nitrogens with two attached hydrogens (primary N) is 1. The Balaban J connectivity index is 2.52. The van der Waals surface area contributed by atoms with Crippen LogP contribution in [0, 0.1) is 0 Å². The molecule has 0 aliphatic heterocycles. The summed E-state index contributed by atoms with van der Waals surface area (Å²) in [5.41, 5.74) is 3.90. The van der Waals surface area contributed by atoms with Gasteiger partial charge in [0.05, 0.1) is 0 Å². The van der Waals surface area contributed by atoms with Crippen molar-refractivity contribution in [2.45, 2.75) is 19.0 Å². The number of amides is 1. The van der Waals surface area contributed by atoms with Gasteiger partial charge in [-0.3, -0.25) is 4.79 Å². The van der Waals surface area contributed by atoms with Crippen LogP contribution in [0.1, 0.15) is 18.5 Å². The average molecular weight is 248 g/mol. The predicted octanol–water partition coefficient (Wildman–Crippen LogP) is 1.17. The Hall–Kier alpha value is -1.86. The van der Waals surface area contributed by atoms with Crippen LogP contribution >= 0.6 is 0 Å². The number of carbonyl (C=O) groups excluding carboxylic acids is 1. The topological polar surface area (TPSA) is 80.9 Å². The smallest absolute Gasteiger partial charge is 0.370 e. The van der Waals surface area contributed by atoms with E-state index in [0.717, 1.165) is 12.3 Å². The molecular formula is C9H11F3N4O. The van der Waals surface area contributed by atoms with Crippen molar-refractivity contribution in [2.24, 2.45) is 5.73 Å². The third-order valence-corrected chi connectivity index (χ3v) is 1.83. The molecule has 1 heterocycles. The van der Waals surface area contributed by atoms with Gasteiger partial charge in [-0.1, -0.05) is 0 Å². The SMILES string of the molecule is NC(=O)CCCNc1nccc(C(F)(F)F)n1. The molecule has 0 aliphatic rings. The van der Waals surface area contributed by atoms with Crippen molar-refractivity contribution in [3.05, 3.63) is 18.0 Å². The number of halogens is 3. The van der Waals surface area contributed by atoms with E-state index in [9.17, 15) is 18.0 Å². The Morgan fingerprint density at radius 3 is 2.76 bits per heavy atom. The first-order valence-corrected chi connectivity index (χ1v) is 4.82. The molecule has 0 fully saturated rings. The second-order valence-electron chi connectivity index (χ2n) is 3.26. The summed E-state index contributed by atoms with van der Waals surface area (Å²) in [7, 11) is 0. The van der Waals surface area contributed by atoms with Crippen LogP contribution in [-0.2, 0) is 11.0 Å². The molecule has 5 nitrogen and oxygen atoms in total. The van der Waals surface area contributed by atoms with E-state index in [4.69, 9.17) is 5.73 Å². The van der Waals surface area contributed by atoms with Gasteiger partial charge in [0.25, 0.3) is 0 Å². The van der Waals surface area contributed by atoms with Crippen LogP contribution in [0.3, 0.4) is 0 Å². The van der Waals surface area contributed by atoms with Crippen molar-refractivity contribution in [3.63, 3.8) is 0 Å². The molecule has 8 heteroatoms. The van der Waals surface area contributed by atoms with Gasteiger partial charge in [-0.15, -0.1) is 0 Å². The molecule has 0 aromatic carbocycles. The highest BCUT2D eigenvalue weighted by Gasteiger charge is 2.32. The number of primary amides is 1. The minimum absolute atomic E-state index is 0.121. The number of carbonyl (C=O) groups is 1. The summed E-state index contributed by atoms with van der Waals surface area (Å²) in [6.07, 6.45) is -2.90. The van der Waals surface area contributed by atoms with Gasteiger partial charge in [-0.05, 0) is 12.5 Å². The highest BCUT2D eigenvalue weighted by atomic mass is 19.4. The summed E-state index contributed by atoms with van der Waals surface area (Å²) in [6, 6.07) is 0.786. The second-order valence-corrected chi connectivity index (χ2v) is 3.26. The second kappa shape index (κ2) is 5.46. The van der Waals surface area contributed by atoms with Gasteiger partial charge in [-0.25, -0.2) is 9.97 Å². The average Bonchev–Trinajstić information content (AvgIpc) is 2.23. The van der Waals surface area contributed by atoms with Crippen LogP contribution in [0.2, 0.25) is 0 Å². The first-order valence-electron chi connectivity index (χ1n) is 4.82. The molecule has 1 rings (SSSR count). The highest BCUT2D eigenvalue weighted by Crippen LogP contribution is 2.27. The van der Waals surface area contributed by atoms with E-state index in [-0.39, 0.29) is 18.9 Å². The summed E-state index contributed by atoms with van der Waals surface area (Å²) in [5, 5.41) is 2.58. The Morgan fingerprint density at radius 2 is 2.18 bits per heavy atom. The van der Waals surface area contributed by atoms with Crippen molar-refractivity contribution < 1.29 is 18.0 Å². The molecule has 94 valence electrons. The van der Waals surface area contributed by atoms with Gasteiger partial charge in [0.15, 0.2) is 0 Å². The molecule has 17 heavy (non-hydrogen) atoms. The Kier molecular flexibility index (Phi) is 4.24. The minimum Gasteiger partial charge on any atom is -0.370 e. The number of aromatic nitrogens is 2. The van der Waals surface area contributed by atoms with Gasteiger partial charge in [0, 0.05) is 19.2 Å². The van der Waals surface area contributed by atoms with E-state index < -0.39 is 17.8 Å². The molecule has 0 unspecified atom stereocenters. The third kappa shape index (κ3) is 4.66. The molecule has 1 amide bonds. The Labute approximate surface area is 95.2 Å². The molecule has 0 radical (unpaired) electrons. The maximum atomic E-state index is 12.3. The number of rotatable bonds is 5. The summed E-state index contributed by atoms with van der Waals surface area (Å²) in [6.45, 7) is 0.282. The fourth-order valence-electron chi connectivity index (χ4n) is 1.06. The summed E-state index contributed by atoms with van der Waals surface area (Å²) >= 11 is 0. The third-order valence-electron chi connectivity index (χ3n) is 1.83. The molecule has 0 saturated heterocycles. The zero-order chi connectivity index (χ0) is 12.9. The number of nitrogens with zero attached hydrogens (tertiary/aromatic N) is 2. The molecule has 0 spiro atoms. The number of nitrogens with one attached hydrogen (secondary N) is 1. The summed E-state index contributed by atoms with van der Waals surface area (Å²) in [4.78, 5) is 17.3. The lowest BCUT2D eigenvalue weighted by atomic mass is 10.3. The largest absolute Gasteiger partial charge is 0.433 e. The van der Waals surface area contributed by atoms with Crippen molar-refractivity contribution >= 4 is 11.9 Å². The number of hydrogen-bond acceptors (Lipinski definition) is 4. The molecule has 0 atom stereocenters. The van der Waals surface area contributed by atoms with Gasteiger partial charge in [0.2, 0.25) is 11.9 Å². The van der Waals surface area contributed by atoms with E-state index >= 15 is 0 Å². The van der Waals surface area contributed by atoms with Crippen LogP contribution in [0.5, 0.6) is 0 Å². The summed E-state index contributed by atoms with van der Waals surface area (Å²) in [5.74, 6) is -0.582. The molecule has 1 aromatic heterocycles. The van der Waals surface area contributed by atoms with E-state index in [2.05, 4.69) is 15.3 Å². The molecular weight excluding hydrogens is 237 g/mol. The highest BCUT2D eigenvalue weighted by molar-refractivity contribution is 5.73. The van der Waals surface area contributed by atoms with Crippen LogP contribution < -0.4 is 11.1 Å². The first kappa shape index (κ1) is 13.2. The number of alkyl halides is 3. The van der Waals surface area contributed by atoms with Crippen molar-refractivity contribution in [2.75, 3.05) is 11.9 Å². The lowest BCUT2D eigenvalue weighted by Gasteiger charge is -2.07. The standard InChI is InChI=1S/C9H11F3N4O/c10-9(11,12)6-3-5-15-8(16-6)14-4-1-2-7(13)17/h3,5H,1-2,4H2,(H2,13,17)(H,14,15,16). The molecule has 3 N–H and O–H groups in total. The fourth-order valence-corrected chi connectivity index (χ4v) is 1.06. The van der Waals surface area contributed by atoms with Gasteiger partial charge < -0.3 is 11.1 Å². The normalized spacial score (nSPS) is 11.2. The zero-order valence-electron chi connectivity index (χ0n) is 8.79. The predicted molar refractivity (Wildman–Crippen MR) is 54.0 cm³/mol. The maximum Gasteiger partial charge on any atom is 0.433 e. The maximum absolute atomic E-state index is 12.3. The van der Waals surface area contributed by atoms with Crippen molar-refractivity contribution in [1.82, 2.24) is 9.97 Å². The van der Waals surface area contributed by atoms with Crippen molar-refractivity contribution in [1.29, 1.82) is 0 Å². The van der Waals surface area contributed by atoms with Gasteiger partial charge in [-0.2, -0.15) is 13.2 Å². The van der Waals surface area contributed by atoms with E-state index in [1.54, 1.807) is 0 Å². The van der Waals surface area contributed by atoms with Crippen LogP contribution in [0.4, 0.5) is 19.1 Å². The Morgan fingerprint density at radius 1 is 1.47 bits per heavy atom. The minimum atomic E-state index is -4.49. The van der Waals surface area contributed by atoms with E-state index in [0.29, 0.717) is 6.42 Å². The van der Waals surface area contributed by atoms with Gasteiger partial charge >= 0.3 is 6.18 Å². The first-order chi connectivity index (χ1) is 7.89. The van der Waals surface area contributed by atoms with Crippen LogP contribution in [-0.4, -0.2) is 22.4 Å². The molecule has 0 aliphatic carbocycles. The van der Waals surface area contributed by atoms with Crippen LogP contribution in [0.15, 0.2) is 12.3 Å². The lowest BCUT2D eigenvalue weighted by molar-refractivity contribution is -0.141. The molecule has 1 aromatic rings. The van der Waals surface area contributed by atoms with E-state index in [1.807, 2.05) is 0 Å². The monoisotopic (exact) mass is 248 g/mol. The lowest BCUT2D eigenvalue weighted by Crippen LogP contribution is -2.14. The quantitative estimate of drug-likeness (QED) is 0.766. The molecule has 0 saturated carbocycles. The Bertz CT molecular complexity index is 394. The summed E-state index contributed by atoms with van der Waals surface area (Å²) < 4.78 is 36.8. The van der Waals surface area contributed by atoms with Crippen LogP contribution in [0.25, 0.3) is 0 Å². The van der Waals surface area contributed by atoms with Crippen molar-refractivity contribution in [3.8, 4) is 0 Å².